The monoisotopic (exact) mass is 432 g/mol. The number of anilines is 1. The summed E-state index contributed by atoms with van der Waals surface area (Å²) in [6.07, 6.45) is -2.35. The first kappa shape index (κ1) is 23.5. The molecule has 0 fully saturated rings. The van der Waals surface area contributed by atoms with Crippen LogP contribution in [0.4, 0.5) is 18.9 Å². The fraction of sp³-hybridized carbons (Fsp3) is 0.227. The van der Waals surface area contributed by atoms with E-state index in [4.69, 9.17) is 14.7 Å². The third-order valence-corrected chi connectivity index (χ3v) is 4.09. The summed E-state index contributed by atoms with van der Waals surface area (Å²) in [5.41, 5.74) is -0.272. The van der Waals surface area contributed by atoms with Gasteiger partial charge in [0, 0.05) is 12.6 Å². The maximum absolute atomic E-state index is 12.7. The molecule has 0 bridgehead atoms. The number of methoxy groups -OCH3 is 1. The van der Waals surface area contributed by atoms with Crippen molar-refractivity contribution in [2.24, 2.45) is 0 Å². The van der Waals surface area contributed by atoms with E-state index in [1.165, 1.54) is 24.1 Å². The van der Waals surface area contributed by atoms with Crippen molar-refractivity contribution < 1.29 is 32.2 Å². The van der Waals surface area contributed by atoms with Gasteiger partial charge in [-0.05, 0) is 35.9 Å². The van der Waals surface area contributed by atoms with E-state index in [1.54, 1.807) is 24.3 Å². The van der Waals surface area contributed by atoms with Gasteiger partial charge in [-0.15, -0.1) is 0 Å². The number of carbonyl (C=O) groups is 2. The first-order valence-corrected chi connectivity index (χ1v) is 9.08. The van der Waals surface area contributed by atoms with Crippen molar-refractivity contribution in [3.8, 4) is 11.8 Å². The molecular weight excluding hydrogens is 413 g/mol. The lowest BCUT2D eigenvalue weighted by Gasteiger charge is -2.23. The summed E-state index contributed by atoms with van der Waals surface area (Å²) < 4.78 is 48.4. The summed E-state index contributed by atoms with van der Waals surface area (Å²) in [6, 6.07) is 13.0. The quantitative estimate of drug-likeness (QED) is 0.461. The molecule has 0 aliphatic carbocycles. The van der Waals surface area contributed by atoms with Crippen LogP contribution in [0.5, 0.6) is 5.75 Å². The lowest BCUT2D eigenvalue weighted by Crippen LogP contribution is -2.35. The highest BCUT2D eigenvalue weighted by atomic mass is 19.4. The van der Waals surface area contributed by atoms with Gasteiger partial charge < -0.3 is 14.4 Å². The van der Waals surface area contributed by atoms with Crippen LogP contribution in [0.15, 0.2) is 54.6 Å². The molecule has 2 aromatic carbocycles. The molecule has 0 aromatic heterocycles. The van der Waals surface area contributed by atoms with E-state index in [0.29, 0.717) is 11.4 Å². The van der Waals surface area contributed by atoms with E-state index in [0.717, 1.165) is 24.3 Å². The highest BCUT2D eigenvalue weighted by Gasteiger charge is 2.30. The Morgan fingerprint density at radius 1 is 1.16 bits per heavy atom. The smallest absolute Gasteiger partial charge is 0.416 e. The Bertz CT molecular complexity index is 997. The summed E-state index contributed by atoms with van der Waals surface area (Å²) in [7, 11) is 1.43. The molecule has 6 nitrogen and oxygen atoms in total. The molecule has 0 aliphatic rings. The summed E-state index contributed by atoms with van der Waals surface area (Å²) in [6.45, 7) is -0.553. The van der Waals surface area contributed by atoms with E-state index in [1.807, 2.05) is 6.07 Å². The maximum Gasteiger partial charge on any atom is 0.416 e. The van der Waals surface area contributed by atoms with Crippen LogP contribution in [0.3, 0.4) is 0 Å². The highest BCUT2D eigenvalue weighted by Crippen LogP contribution is 2.30. The predicted octanol–water partition coefficient (Wildman–Crippen LogP) is 4.22. The highest BCUT2D eigenvalue weighted by molar-refractivity contribution is 5.97. The molecule has 0 aliphatic heterocycles. The summed E-state index contributed by atoms with van der Waals surface area (Å²) >= 11 is 0. The van der Waals surface area contributed by atoms with Gasteiger partial charge in [-0.2, -0.15) is 18.4 Å². The van der Waals surface area contributed by atoms with Crippen LogP contribution in [0.2, 0.25) is 0 Å². The molecule has 0 spiro atoms. The van der Waals surface area contributed by atoms with E-state index >= 15 is 0 Å². The first-order chi connectivity index (χ1) is 14.8. The molecule has 0 N–H and O–H groups in total. The minimum Gasteiger partial charge on any atom is -0.495 e. The van der Waals surface area contributed by atoms with Gasteiger partial charge in [-0.1, -0.05) is 24.3 Å². The second-order valence-electron chi connectivity index (χ2n) is 6.19. The molecule has 31 heavy (non-hydrogen) atoms. The van der Waals surface area contributed by atoms with Crippen molar-refractivity contribution in [1.82, 2.24) is 0 Å². The van der Waals surface area contributed by atoms with E-state index in [2.05, 4.69) is 0 Å². The van der Waals surface area contributed by atoms with Gasteiger partial charge in [0.2, 0.25) is 0 Å². The van der Waals surface area contributed by atoms with Gasteiger partial charge in [-0.3, -0.25) is 4.79 Å². The first-order valence-electron chi connectivity index (χ1n) is 9.08. The van der Waals surface area contributed by atoms with Gasteiger partial charge >= 0.3 is 12.1 Å². The second kappa shape index (κ2) is 10.8. The molecule has 162 valence electrons. The predicted molar refractivity (Wildman–Crippen MR) is 107 cm³/mol. The number of benzene rings is 2. The largest absolute Gasteiger partial charge is 0.495 e. The maximum atomic E-state index is 12.7. The van der Waals surface area contributed by atoms with Crippen molar-refractivity contribution in [3.63, 3.8) is 0 Å². The van der Waals surface area contributed by atoms with Crippen molar-refractivity contribution in [3.05, 3.63) is 65.7 Å². The number of ether oxygens (including phenoxy) is 2. The number of amides is 1. The second-order valence-corrected chi connectivity index (χ2v) is 6.19. The van der Waals surface area contributed by atoms with E-state index in [9.17, 15) is 22.8 Å². The topological polar surface area (TPSA) is 79.6 Å². The molecule has 1 amide bonds. The Kier molecular flexibility index (Phi) is 8.20. The van der Waals surface area contributed by atoms with Gasteiger partial charge in [-0.25, -0.2) is 4.79 Å². The Hall–Kier alpha value is -3.80. The van der Waals surface area contributed by atoms with Crippen LogP contribution in [0, 0.1) is 11.3 Å². The molecular formula is C22H19F3N2O4. The average molecular weight is 432 g/mol. The minimum absolute atomic E-state index is 0.0488. The standard InChI is InChI=1S/C22H19F3N2O4/c1-30-19-9-3-2-8-18(19)27(13-5-12-26)20(28)15-31-21(29)11-10-16-6-4-7-17(14-16)22(23,24)25/h2-4,6-11,14H,5,13,15H2,1H3. The molecule has 0 heterocycles. The molecule has 0 atom stereocenters. The number of halogens is 3. The van der Waals surface area contributed by atoms with E-state index < -0.39 is 30.2 Å². The average Bonchev–Trinajstić information content (AvgIpc) is 2.76. The van der Waals surface area contributed by atoms with Crippen LogP contribution in [-0.4, -0.2) is 32.1 Å². The number of esters is 1. The molecule has 2 rings (SSSR count). The summed E-state index contributed by atoms with van der Waals surface area (Å²) in [5.74, 6) is -1.07. The Morgan fingerprint density at radius 2 is 1.90 bits per heavy atom. The number of carbonyl (C=O) groups excluding carboxylic acids is 2. The zero-order chi connectivity index (χ0) is 22.9. The fourth-order valence-electron chi connectivity index (χ4n) is 2.64. The van der Waals surface area contributed by atoms with Gasteiger partial charge in [0.1, 0.15) is 5.75 Å². The number of rotatable bonds is 8. The minimum atomic E-state index is -4.50. The van der Waals surface area contributed by atoms with Crippen molar-refractivity contribution in [1.29, 1.82) is 5.26 Å². The Morgan fingerprint density at radius 3 is 2.58 bits per heavy atom. The lowest BCUT2D eigenvalue weighted by atomic mass is 10.1. The van der Waals surface area contributed by atoms with Crippen LogP contribution < -0.4 is 9.64 Å². The van der Waals surface area contributed by atoms with E-state index in [-0.39, 0.29) is 18.5 Å². The van der Waals surface area contributed by atoms with Gasteiger partial charge in [0.25, 0.3) is 5.91 Å². The Balaban J connectivity index is 2.04. The van der Waals surface area contributed by atoms with Crippen LogP contribution in [0.25, 0.3) is 6.08 Å². The molecule has 0 saturated carbocycles. The number of para-hydroxylation sites is 2. The van der Waals surface area contributed by atoms with Crippen molar-refractivity contribution in [2.75, 3.05) is 25.2 Å². The number of alkyl halides is 3. The lowest BCUT2D eigenvalue weighted by molar-refractivity contribution is -0.142. The molecule has 0 radical (unpaired) electrons. The number of hydrogen-bond acceptors (Lipinski definition) is 5. The van der Waals surface area contributed by atoms with Crippen LogP contribution >= 0.6 is 0 Å². The van der Waals surface area contributed by atoms with Crippen LogP contribution in [-0.2, 0) is 20.5 Å². The SMILES string of the molecule is COc1ccccc1N(CCC#N)C(=O)COC(=O)C=Cc1cccc(C(F)(F)F)c1. The number of nitriles is 1. The normalized spacial score (nSPS) is 11.1. The molecule has 0 saturated heterocycles. The van der Waals surface area contributed by atoms with Crippen LogP contribution in [0.1, 0.15) is 17.5 Å². The summed E-state index contributed by atoms with van der Waals surface area (Å²) in [4.78, 5) is 25.8. The zero-order valence-corrected chi connectivity index (χ0v) is 16.6. The number of hydrogen-bond donors (Lipinski definition) is 0. The summed E-state index contributed by atoms with van der Waals surface area (Å²) in [5, 5.41) is 8.85. The Labute approximate surface area is 177 Å². The molecule has 2 aromatic rings. The molecule has 0 unspecified atom stereocenters. The fourth-order valence-corrected chi connectivity index (χ4v) is 2.64. The molecule has 9 heteroatoms. The third-order valence-electron chi connectivity index (χ3n) is 4.09. The van der Waals surface area contributed by atoms with Gasteiger partial charge in [0.05, 0.1) is 30.9 Å². The zero-order valence-electron chi connectivity index (χ0n) is 16.6. The van der Waals surface area contributed by atoms with Gasteiger partial charge in [0.15, 0.2) is 6.61 Å². The van der Waals surface area contributed by atoms with Crippen molar-refractivity contribution in [2.45, 2.75) is 12.6 Å². The van der Waals surface area contributed by atoms with Crippen molar-refractivity contribution >= 4 is 23.6 Å². The third kappa shape index (κ3) is 6.89. The number of nitrogens with zero attached hydrogens (tertiary/aromatic N) is 2.